The Bertz CT molecular complexity index is 509. The van der Waals surface area contributed by atoms with Gasteiger partial charge in [-0.1, -0.05) is 56.2 Å². The van der Waals surface area contributed by atoms with Crippen molar-refractivity contribution in [3.63, 3.8) is 0 Å². The molecule has 0 amide bonds. The summed E-state index contributed by atoms with van der Waals surface area (Å²) in [5.74, 6) is 6.07. The molecule has 2 rings (SSSR count). The molecule has 1 aromatic carbocycles. The molecule has 1 aromatic rings. The number of carboxylic acids is 1. The smallest absolute Gasteiger partial charge is 0.310 e. The molecule has 0 saturated heterocycles. The SMILES string of the molecule is CCC1CCCC(CC#Cc2ccccc2)(C(=O)O)C1. The van der Waals surface area contributed by atoms with E-state index in [1.165, 1.54) is 0 Å². The summed E-state index contributed by atoms with van der Waals surface area (Å²) < 4.78 is 0. The lowest BCUT2D eigenvalue weighted by Crippen LogP contribution is -2.36. The van der Waals surface area contributed by atoms with Crippen LogP contribution in [0.1, 0.15) is 51.0 Å². The number of carboxylic acid groups (broad SMARTS) is 1. The maximum Gasteiger partial charge on any atom is 0.310 e. The highest BCUT2D eigenvalue weighted by molar-refractivity contribution is 5.75. The van der Waals surface area contributed by atoms with Gasteiger partial charge in [0.05, 0.1) is 5.41 Å². The second kappa shape index (κ2) is 6.61. The zero-order chi connectivity index (χ0) is 14.4. The molecule has 0 aromatic heterocycles. The minimum Gasteiger partial charge on any atom is -0.481 e. The summed E-state index contributed by atoms with van der Waals surface area (Å²) in [7, 11) is 0. The van der Waals surface area contributed by atoms with E-state index in [0.29, 0.717) is 12.3 Å². The maximum atomic E-state index is 11.7. The molecule has 0 heterocycles. The van der Waals surface area contributed by atoms with Crippen molar-refractivity contribution in [3.8, 4) is 11.8 Å². The largest absolute Gasteiger partial charge is 0.481 e. The summed E-state index contributed by atoms with van der Waals surface area (Å²) in [5.41, 5.74) is 0.330. The van der Waals surface area contributed by atoms with Crippen molar-refractivity contribution in [1.82, 2.24) is 0 Å². The summed E-state index contributed by atoms with van der Waals surface area (Å²) in [6.45, 7) is 2.15. The molecule has 2 heteroatoms. The highest BCUT2D eigenvalue weighted by atomic mass is 16.4. The first-order valence-electron chi connectivity index (χ1n) is 7.43. The van der Waals surface area contributed by atoms with E-state index in [4.69, 9.17) is 0 Å². The van der Waals surface area contributed by atoms with Crippen LogP contribution in [0, 0.1) is 23.2 Å². The van der Waals surface area contributed by atoms with Gasteiger partial charge < -0.3 is 5.11 Å². The van der Waals surface area contributed by atoms with Gasteiger partial charge >= 0.3 is 5.97 Å². The molecule has 106 valence electrons. The molecule has 1 N–H and O–H groups in total. The fourth-order valence-corrected chi connectivity index (χ4v) is 3.10. The molecule has 2 unspecified atom stereocenters. The molecule has 20 heavy (non-hydrogen) atoms. The Morgan fingerprint density at radius 1 is 1.40 bits per heavy atom. The molecule has 1 aliphatic rings. The van der Waals surface area contributed by atoms with E-state index in [1.807, 2.05) is 30.3 Å². The highest BCUT2D eigenvalue weighted by Gasteiger charge is 2.41. The summed E-state index contributed by atoms with van der Waals surface area (Å²) in [6, 6.07) is 9.76. The third kappa shape index (κ3) is 3.42. The van der Waals surface area contributed by atoms with Crippen LogP contribution < -0.4 is 0 Å². The van der Waals surface area contributed by atoms with Crippen LogP contribution in [0.5, 0.6) is 0 Å². The first kappa shape index (κ1) is 14.7. The third-order valence-corrected chi connectivity index (χ3v) is 4.41. The number of carbonyl (C=O) groups is 1. The second-order valence-corrected chi connectivity index (χ2v) is 5.80. The molecule has 0 radical (unpaired) electrons. The van der Waals surface area contributed by atoms with Crippen LogP contribution in [0.15, 0.2) is 30.3 Å². The summed E-state index contributed by atoms with van der Waals surface area (Å²) in [4.78, 5) is 11.7. The zero-order valence-electron chi connectivity index (χ0n) is 12.1. The Morgan fingerprint density at radius 3 is 2.80 bits per heavy atom. The van der Waals surface area contributed by atoms with E-state index in [1.54, 1.807) is 0 Å². The molecule has 1 saturated carbocycles. The molecular weight excluding hydrogens is 248 g/mol. The van der Waals surface area contributed by atoms with Gasteiger partial charge in [0.15, 0.2) is 0 Å². The number of hydrogen-bond acceptors (Lipinski definition) is 1. The monoisotopic (exact) mass is 270 g/mol. The van der Waals surface area contributed by atoms with Gasteiger partial charge in [-0.2, -0.15) is 0 Å². The Hall–Kier alpha value is -1.75. The van der Waals surface area contributed by atoms with Gasteiger partial charge in [-0.3, -0.25) is 4.79 Å². The van der Waals surface area contributed by atoms with Crippen molar-refractivity contribution < 1.29 is 9.90 Å². The molecule has 0 bridgehead atoms. The van der Waals surface area contributed by atoms with Gasteiger partial charge in [0, 0.05) is 12.0 Å². The first-order chi connectivity index (χ1) is 9.66. The normalized spacial score (nSPS) is 25.6. The van der Waals surface area contributed by atoms with E-state index in [0.717, 1.165) is 37.7 Å². The zero-order valence-corrected chi connectivity index (χ0v) is 12.1. The van der Waals surface area contributed by atoms with Crippen LogP contribution in [-0.4, -0.2) is 11.1 Å². The number of benzene rings is 1. The van der Waals surface area contributed by atoms with Gasteiger partial charge in [-0.15, -0.1) is 0 Å². The van der Waals surface area contributed by atoms with Gasteiger partial charge in [-0.25, -0.2) is 0 Å². The minimum atomic E-state index is -0.669. The average Bonchev–Trinajstić information content (AvgIpc) is 2.48. The summed E-state index contributed by atoms with van der Waals surface area (Å²) >= 11 is 0. The van der Waals surface area contributed by atoms with E-state index in [-0.39, 0.29) is 0 Å². The number of rotatable bonds is 3. The second-order valence-electron chi connectivity index (χ2n) is 5.80. The predicted octanol–water partition coefficient (Wildman–Crippen LogP) is 4.10. The quantitative estimate of drug-likeness (QED) is 0.840. The van der Waals surface area contributed by atoms with Crippen molar-refractivity contribution in [2.45, 2.75) is 45.4 Å². The Balaban J connectivity index is 2.10. The lowest BCUT2D eigenvalue weighted by atomic mass is 9.67. The van der Waals surface area contributed by atoms with Crippen LogP contribution >= 0.6 is 0 Å². The molecular formula is C18H22O2. The topological polar surface area (TPSA) is 37.3 Å². The van der Waals surface area contributed by atoms with Crippen LogP contribution in [0.2, 0.25) is 0 Å². The van der Waals surface area contributed by atoms with Gasteiger partial charge in [-0.05, 0) is 30.9 Å². The Labute approximate surface area is 121 Å². The van der Waals surface area contributed by atoms with Gasteiger partial charge in [0.1, 0.15) is 0 Å². The van der Waals surface area contributed by atoms with Gasteiger partial charge in [0.2, 0.25) is 0 Å². The Kier molecular flexibility index (Phi) is 4.84. The van der Waals surface area contributed by atoms with Crippen molar-refractivity contribution in [3.05, 3.63) is 35.9 Å². The van der Waals surface area contributed by atoms with E-state index >= 15 is 0 Å². The first-order valence-corrected chi connectivity index (χ1v) is 7.43. The summed E-state index contributed by atoms with van der Waals surface area (Å²) in [6.07, 6.45) is 5.26. The van der Waals surface area contributed by atoms with Crippen LogP contribution in [-0.2, 0) is 4.79 Å². The van der Waals surface area contributed by atoms with E-state index in [9.17, 15) is 9.90 Å². The fourth-order valence-electron chi connectivity index (χ4n) is 3.10. The van der Waals surface area contributed by atoms with E-state index in [2.05, 4.69) is 18.8 Å². The fraction of sp³-hybridized carbons (Fsp3) is 0.500. The molecule has 2 nitrogen and oxygen atoms in total. The highest BCUT2D eigenvalue weighted by Crippen LogP contribution is 2.43. The van der Waals surface area contributed by atoms with Crippen molar-refractivity contribution in [1.29, 1.82) is 0 Å². The van der Waals surface area contributed by atoms with Crippen molar-refractivity contribution in [2.24, 2.45) is 11.3 Å². The predicted molar refractivity (Wildman–Crippen MR) is 80.3 cm³/mol. The lowest BCUT2D eigenvalue weighted by molar-refractivity contribution is -0.151. The number of hydrogen-bond donors (Lipinski definition) is 1. The molecule has 0 aliphatic heterocycles. The van der Waals surface area contributed by atoms with Crippen LogP contribution in [0.4, 0.5) is 0 Å². The van der Waals surface area contributed by atoms with Crippen LogP contribution in [0.25, 0.3) is 0 Å². The van der Waals surface area contributed by atoms with Crippen LogP contribution in [0.3, 0.4) is 0 Å². The summed E-state index contributed by atoms with van der Waals surface area (Å²) in [5, 5.41) is 9.63. The van der Waals surface area contributed by atoms with Gasteiger partial charge in [0.25, 0.3) is 0 Å². The Morgan fingerprint density at radius 2 is 2.15 bits per heavy atom. The average molecular weight is 270 g/mol. The molecule has 2 atom stereocenters. The number of aliphatic carboxylic acids is 1. The molecule has 0 spiro atoms. The standard InChI is InChI=1S/C18H22O2/c1-2-15-10-6-12-18(14-15,17(19)20)13-7-11-16-8-4-3-5-9-16/h3-5,8-9,15H,2,6,10,12-14H2,1H3,(H,19,20). The third-order valence-electron chi connectivity index (χ3n) is 4.41. The van der Waals surface area contributed by atoms with Crippen molar-refractivity contribution >= 4 is 5.97 Å². The van der Waals surface area contributed by atoms with E-state index < -0.39 is 11.4 Å². The lowest BCUT2D eigenvalue weighted by Gasteiger charge is -2.36. The maximum absolute atomic E-state index is 11.7. The van der Waals surface area contributed by atoms with Crippen molar-refractivity contribution in [2.75, 3.05) is 0 Å². The molecule has 1 fully saturated rings. The molecule has 1 aliphatic carbocycles. The minimum absolute atomic E-state index is 0.466.